The summed E-state index contributed by atoms with van der Waals surface area (Å²) in [4.78, 5) is 26.8. The van der Waals surface area contributed by atoms with Crippen LogP contribution < -0.4 is 15.1 Å². The molecule has 0 spiro atoms. The molecule has 3 rings (SSSR count). The van der Waals surface area contributed by atoms with Gasteiger partial charge in [-0.15, -0.1) is 0 Å². The van der Waals surface area contributed by atoms with Crippen molar-refractivity contribution in [1.82, 2.24) is 4.90 Å². The minimum absolute atomic E-state index is 0.0846. The number of carbonyl (C=O) groups is 1. The van der Waals surface area contributed by atoms with Gasteiger partial charge in [-0.05, 0) is 39.2 Å². The highest BCUT2D eigenvalue weighted by atomic mass is 16.5. The molecule has 0 unspecified atom stereocenters. The minimum atomic E-state index is -0.582. The minimum Gasteiger partial charge on any atom is -0.496 e. The smallest absolute Gasteiger partial charge is 0.340 e. The van der Waals surface area contributed by atoms with Gasteiger partial charge in [0.2, 0.25) is 5.91 Å². The van der Waals surface area contributed by atoms with E-state index < -0.39 is 5.63 Å². The molecular weight excluding hydrogens is 390 g/mol. The van der Waals surface area contributed by atoms with Crippen molar-refractivity contribution in [1.29, 1.82) is 0 Å². The fraction of sp³-hybridized carbons (Fsp3) is 0.545. The molecule has 2 N–H and O–H groups in total. The Morgan fingerprint density at radius 3 is 2.53 bits per heavy atom. The van der Waals surface area contributed by atoms with Gasteiger partial charge in [-0.1, -0.05) is 0 Å². The Bertz CT molecular complexity index is 1000. The van der Waals surface area contributed by atoms with Gasteiger partial charge in [0.15, 0.2) is 0 Å². The predicted octanol–water partition coefficient (Wildman–Crippen LogP) is 1.57. The van der Waals surface area contributed by atoms with Gasteiger partial charge in [-0.2, -0.15) is 0 Å². The van der Waals surface area contributed by atoms with Gasteiger partial charge in [0.25, 0.3) is 0 Å². The summed E-state index contributed by atoms with van der Waals surface area (Å²) < 4.78 is 17.3. The quantitative estimate of drug-likeness (QED) is 0.656. The van der Waals surface area contributed by atoms with Crippen LogP contribution in [0.1, 0.15) is 37.0 Å². The molecular formula is C22H29NO7. The van der Waals surface area contributed by atoms with Crippen LogP contribution in [0.3, 0.4) is 0 Å². The van der Waals surface area contributed by atoms with E-state index in [2.05, 4.69) is 0 Å². The summed E-state index contributed by atoms with van der Waals surface area (Å²) in [6.07, 6.45) is 1.29. The molecule has 1 aromatic carbocycles. The monoisotopic (exact) mass is 419 g/mol. The number of hydrogen-bond donors (Lipinski definition) is 2. The number of nitrogens with zero attached hydrogens (tertiary/aromatic N) is 1. The number of carbonyl (C=O) groups excluding carboxylic acids is 1. The van der Waals surface area contributed by atoms with Crippen LogP contribution in [-0.2, 0) is 17.6 Å². The summed E-state index contributed by atoms with van der Waals surface area (Å²) in [5, 5.41) is 19.0. The van der Waals surface area contributed by atoms with Crippen molar-refractivity contribution in [3.8, 4) is 11.5 Å². The molecule has 8 nitrogen and oxygen atoms in total. The molecule has 0 radical (unpaired) electrons. The third-order valence-corrected chi connectivity index (χ3v) is 5.58. The number of aliphatic hydroxyl groups is 2. The molecule has 30 heavy (non-hydrogen) atoms. The third-order valence-electron chi connectivity index (χ3n) is 5.58. The largest absolute Gasteiger partial charge is 0.496 e. The van der Waals surface area contributed by atoms with Crippen molar-refractivity contribution in [3.05, 3.63) is 33.2 Å². The summed E-state index contributed by atoms with van der Waals surface area (Å²) in [7, 11) is 1.54. The SMILES string of the molecule is COc1cc2c(c3oc(=O)c(CC(=O)N(CCO)CCO)c(C)c13)CCC(C)(C)O2. The van der Waals surface area contributed by atoms with Crippen LogP contribution in [0.4, 0.5) is 0 Å². The zero-order chi connectivity index (χ0) is 22.1. The van der Waals surface area contributed by atoms with Crippen molar-refractivity contribution < 1.29 is 28.9 Å². The molecule has 1 amide bonds. The maximum atomic E-state index is 12.8. The van der Waals surface area contributed by atoms with Gasteiger partial charge < -0.3 is 29.0 Å². The lowest BCUT2D eigenvalue weighted by Gasteiger charge is -2.33. The lowest BCUT2D eigenvalue weighted by Crippen LogP contribution is -2.37. The summed E-state index contributed by atoms with van der Waals surface area (Å²) in [5.41, 5.74) is 1.21. The van der Waals surface area contributed by atoms with E-state index in [9.17, 15) is 9.59 Å². The Morgan fingerprint density at radius 1 is 1.27 bits per heavy atom. The Morgan fingerprint density at radius 2 is 1.93 bits per heavy atom. The number of rotatable bonds is 7. The molecule has 1 aliphatic heterocycles. The number of ether oxygens (including phenoxy) is 2. The average Bonchev–Trinajstić information content (AvgIpc) is 2.69. The van der Waals surface area contributed by atoms with Crippen LogP contribution in [-0.4, -0.2) is 60.0 Å². The second-order valence-electron chi connectivity index (χ2n) is 8.12. The summed E-state index contributed by atoms with van der Waals surface area (Å²) in [6.45, 7) is 5.50. The molecule has 0 atom stereocenters. The van der Waals surface area contributed by atoms with E-state index >= 15 is 0 Å². The first-order chi connectivity index (χ1) is 14.2. The first kappa shape index (κ1) is 22.1. The molecule has 164 valence electrons. The van der Waals surface area contributed by atoms with Gasteiger partial charge in [-0.25, -0.2) is 4.79 Å². The number of aliphatic hydroxyl groups excluding tert-OH is 2. The lowest BCUT2D eigenvalue weighted by atomic mass is 9.91. The van der Waals surface area contributed by atoms with E-state index in [1.54, 1.807) is 13.0 Å². The van der Waals surface area contributed by atoms with Gasteiger partial charge >= 0.3 is 5.63 Å². The molecule has 0 bridgehead atoms. The first-order valence-electron chi connectivity index (χ1n) is 10.1. The highest BCUT2D eigenvalue weighted by Crippen LogP contribution is 2.43. The maximum Gasteiger partial charge on any atom is 0.340 e. The van der Waals surface area contributed by atoms with E-state index in [0.717, 1.165) is 12.0 Å². The number of benzene rings is 1. The number of amides is 1. The van der Waals surface area contributed by atoms with Crippen LogP contribution in [0.5, 0.6) is 11.5 Å². The van der Waals surface area contributed by atoms with E-state index in [4.69, 9.17) is 24.1 Å². The van der Waals surface area contributed by atoms with Crippen molar-refractivity contribution in [2.45, 2.75) is 45.6 Å². The van der Waals surface area contributed by atoms with Gasteiger partial charge in [-0.3, -0.25) is 4.79 Å². The number of hydrogen-bond acceptors (Lipinski definition) is 7. The standard InChI is InChI=1S/C22H29NO7/c1-13-15(11-18(26)23(7-9-24)8-10-25)21(27)29-20-14-5-6-22(2,3)30-16(14)12-17(28-4)19(13)20/h12,24-25H,5-11H2,1-4H3. The molecule has 1 aliphatic rings. The van der Waals surface area contributed by atoms with E-state index in [1.165, 1.54) is 12.0 Å². The molecule has 0 aliphatic carbocycles. The predicted molar refractivity (Wildman–Crippen MR) is 111 cm³/mol. The van der Waals surface area contributed by atoms with Gasteiger partial charge in [0.05, 0.1) is 37.7 Å². The van der Waals surface area contributed by atoms with Crippen molar-refractivity contribution in [3.63, 3.8) is 0 Å². The van der Waals surface area contributed by atoms with Crippen molar-refractivity contribution >= 4 is 16.9 Å². The highest BCUT2D eigenvalue weighted by molar-refractivity contribution is 5.93. The third kappa shape index (κ3) is 4.15. The van der Waals surface area contributed by atoms with Gasteiger partial charge in [0.1, 0.15) is 22.7 Å². The Hall–Kier alpha value is -2.58. The van der Waals surface area contributed by atoms with Gasteiger partial charge in [0, 0.05) is 24.7 Å². The molecule has 0 saturated carbocycles. The number of fused-ring (bicyclic) bond motifs is 3. The highest BCUT2D eigenvalue weighted by Gasteiger charge is 2.31. The maximum absolute atomic E-state index is 12.8. The van der Waals surface area contributed by atoms with E-state index in [0.29, 0.717) is 34.5 Å². The second-order valence-corrected chi connectivity index (χ2v) is 8.12. The molecule has 0 fully saturated rings. The van der Waals surface area contributed by atoms with E-state index in [-0.39, 0.29) is 49.8 Å². The zero-order valence-electron chi connectivity index (χ0n) is 17.9. The number of aryl methyl sites for hydroxylation is 2. The summed E-state index contributed by atoms with van der Waals surface area (Å²) >= 11 is 0. The Balaban J connectivity index is 2.11. The van der Waals surface area contributed by atoms with Crippen LogP contribution in [0.25, 0.3) is 11.0 Å². The summed E-state index contributed by atoms with van der Waals surface area (Å²) in [6, 6.07) is 1.81. The zero-order valence-corrected chi connectivity index (χ0v) is 17.9. The van der Waals surface area contributed by atoms with Crippen LogP contribution in [0.2, 0.25) is 0 Å². The average molecular weight is 419 g/mol. The summed E-state index contributed by atoms with van der Waals surface area (Å²) in [5.74, 6) is 0.785. The fourth-order valence-corrected chi connectivity index (χ4v) is 3.91. The van der Waals surface area contributed by atoms with Crippen LogP contribution in [0.15, 0.2) is 15.3 Å². The normalized spacial score (nSPS) is 14.9. The van der Waals surface area contributed by atoms with Crippen LogP contribution >= 0.6 is 0 Å². The molecule has 1 aromatic heterocycles. The molecule has 2 heterocycles. The van der Waals surface area contributed by atoms with Crippen LogP contribution in [0, 0.1) is 6.92 Å². The lowest BCUT2D eigenvalue weighted by molar-refractivity contribution is -0.131. The second kappa shape index (κ2) is 8.65. The fourth-order valence-electron chi connectivity index (χ4n) is 3.91. The van der Waals surface area contributed by atoms with Crippen molar-refractivity contribution in [2.75, 3.05) is 33.4 Å². The molecule has 2 aromatic rings. The number of methoxy groups -OCH3 is 1. The molecule has 8 heteroatoms. The van der Waals surface area contributed by atoms with Crippen molar-refractivity contribution in [2.24, 2.45) is 0 Å². The topological polar surface area (TPSA) is 109 Å². The van der Waals surface area contributed by atoms with E-state index in [1.807, 2.05) is 13.8 Å². The first-order valence-corrected chi connectivity index (χ1v) is 10.1. The Kier molecular flexibility index (Phi) is 6.38. The Labute approximate surface area is 175 Å². The molecule has 0 saturated heterocycles.